The van der Waals surface area contributed by atoms with Crippen LogP contribution in [0.25, 0.3) is 0 Å². The maximum Gasteiger partial charge on any atom is 0.408 e. The lowest BCUT2D eigenvalue weighted by Crippen LogP contribution is -2.52. The summed E-state index contributed by atoms with van der Waals surface area (Å²) in [7, 11) is -4.16. The number of sulfone groups is 1. The maximum atomic E-state index is 13.6. The molecule has 40 heavy (non-hydrogen) atoms. The molecule has 1 rings (SSSR count). The third kappa shape index (κ3) is 14.9. The van der Waals surface area contributed by atoms with Crippen molar-refractivity contribution < 1.29 is 35.9 Å². The molecule has 8 nitrogen and oxygen atoms in total. The SMILES string of the molecule is C=C(/C=C\C=C/C)COC(=O)N[C@H](CS(=O)(=O)CCCC(F)(F)F)C(=O)N(CCCN)Cc1cccc(CC)c1. The van der Waals surface area contributed by atoms with Gasteiger partial charge in [-0.2, -0.15) is 13.2 Å². The molecule has 1 aromatic rings. The minimum Gasteiger partial charge on any atom is -0.445 e. The van der Waals surface area contributed by atoms with Gasteiger partial charge in [-0.3, -0.25) is 4.79 Å². The Morgan fingerprint density at radius 1 is 1.20 bits per heavy atom. The van der Waals surface area contributed by atoms with Crippen molar-refractivity contribution in [2.24, 2.45) is 5.73 Å². The van der Waals surface area contributed by atoms with Gasteiger partial charge in [0.1, 0.15) is 12.6 Å². The zero-order valence-corrected chi connectivity index (χ0v) is 23.9. The Bertz CT molecular complexity index is 1130. The number of hydrogen-bond acceptors (Lipinski definition) is 6. The number of alkyl halides is 3. The highest BCUT2D eigenvalue weighted by molar-refractivity contribution is 7.91. The first-order valence-corrected chi connectivity index (χ1v) is 14.9. The summed E-state index contributed by atoms with van der Waals surface area (Å²) in [4.78, 5) is 27.5. The molecule has 0 heterocycles. The number of allylic oxidation sites excluding steroid dienone is 3. The topological polar surface area (TPSA) is 119 Å². The second-order valence-electron chi connectivity index (χ2n) is 9.22. The number of carbonyl (C=O) groups excluding carboxylic acids is 2. The Morgan fingerprint density at radius 2 is 1.90 bits per heavy atom. The monoisotopic (exact) mass is 587 g/mol. The molecule has 2 amide bonds. The van der Waals surface area contributed by atoms with Crippen LogP contribution in [-0.2, 0) is 32.3 Å². The van der Waals surface area contributed by atoms with Crippen LogP contribution in [0, 0.1) is 0 Å². The van der Waals surface area contributed by atoms with E-state index in [1.807, 2.05) is 38.1 Å². The van der Waals surface area contributed by atoms with Crippen LogP contribution in [0.1, 0.15) is 44.2 Å². The van der Waals surface area contributed by atoms with Gasteiger partial charge in [0, 0.05) is 19.5 Å². The van der Waals surface area contributed by atoms with Gasteiger partial charge < -0.3 is 20.7 Å². The molecule has 0 fully saturated rings. The minimum absolute atomic E-state index is 0.126. The number of carbonyl (C=O) groups is 2. The molecule has 0 aromatic heterocycles. The first-order valence-electron chi connectivity index (χ1n) is 13.0. The van der Waals surface area contributed by atoms with Crippen molar-refractivity contribution >= 4 is 21.8 Å². The smallest absolute Gasteiger partial charge is 0.408 e. The lowest BCUT2D eigenvalue weighted by Gasteiger charge is -2.28. The highest BCUT2D eigenvalue weighted by Gasteiger charge is 2.33. The van der Waals surface area contributed by atoms with Gasteiger partial charge in [-0.1, -0.05) is 62.1 Å². The van der Waals surface area contributed by atoms with Gasteiger partial charge in [0.2, 0.25) is 5.91 Å². The molecule has 0 spiro atoms. The number of hydrogen-bond donors (Lipinski definition) is 2. The van der Waals surface area contributed by atoms with E-state index in [9.17, 15) is 31.2 Å². The second kappa shape index (κ2) is 17.5. The molecule has 0 aliphatic rings. The fraction of sp³-hybridized carbons (Fsp3) is 0.500. The zero-order valence-electron chi connectivity index (χ0n) is 23.1. The van der Waals surface area contributed by atoms with Crippen molar-refractivity contribution in [2.45, 2.75) is 58.3 Å². The van der Waals surface area contributed by atoms with E-state index in [-0.39, 0.29) is 26.2 Å². The molecule has 0 aliphatic carbocycles. The van der Waals surface area contributed by atoms with Gasteiger partial charge >= 0.3 is 12.3 Å². The van der Waals surface area contributed by atoms with Crippen LogP contribution in [-0.4, -0.2) is 68.7 Å². The normalized spacial score (nSPS) is 12.9. The number of benzene rings is 1. The van der Waals surface area contributed by atoms with E-state index in [1.165, 1.54) is 4.90 Å². The van der Waals surface area contributed by atoms with Gasteiger partial charge in [0.05, 0.1) is 11.5 Å². The number of ether oxygens (including phenoxy) is 1. The average Bonchev–Trinajstić information content (AvgIpc) is 2.88. The Morgan fingerprint density at radius 3 is 2.52 bits per heavy atom. The van der Waals surface area contributed by atoms with Crippen molar-refractivity contribution in [2.75, 3.05) is 31.2 Å². The summed E-state index contributed by atoms with van der Waals surface area (Å²) in [6.45, 7) is 7.90. The van der Waals surface area contributed by atoms with E-state index in [0.29, 0.717) is 12.0 Å². The third-order valence-corrected chi connectivity index (χ3v) is 7.42. The Kier molecular flexibility index (Phi) is 15.3. The van der Waals surface area contributed by atoms with Crippen LogP contribution in [0.2, 0.25) is 0 Å². The number of halogens is 3. The van der Waals surface area contributed by atoms with Gasteiger partial charge in [-0.15, -0.1) is 0 Å². The van der Waals surface area contributed by atoms with Crippen molar-refractivity contribution in [3.8, 4) is 0 Å². The predicted molar refractivity (Wildman–Crippen MR) is 150 cm³/mol. The summed E-state index contributed by atoms with van der Waals surface area (Å²) in [5.41, 5.74) is 7.92. The first kappa shape index (κ1) is 34.9. The first-order chi connectivity index (χ1) is 18.8. The summed E-state index contributed by atoms with van der Waals surface area (Å²) in [5.74, 6) is -2.38. The average molecular weight is 588 g/mol. The molecule has 0 saturated heterocycles. The Hall–Kier alpha value is -3.12. The summed E-state index contributed by atoms with van der Waals surface area (Å²) < 4.78 is 68.3. The van der Waals surface area contributed by atoms with Crippen LogP contribution in [0.4, 0.5) is 18.0 Å². The Labute approximate surface area is 235 Å². The summed E-state index contributed by atoms with van der Waals surface area (Å²) in [6.07, 6.45) is 0.508. The van der Waals surface area contributed by atoms with Gasteiger partial charge in [-0.05, 0) is 49.4 Å². The quantitative estimate of drug-likeness (QED) is 0.260. The van der Waals surface area contributed by atoms with Crippen LogP contribution < -0.4 is 11.1 Å². The zero-order chi connectivity index (χ0) is 30.2. The van der Waals surface area contributed by atoms with Gasteiger partial charge in [0.25, 0.3) is 0 Å². The third-order valence-electron chi connectivity index (χ3n) is 5.67. The van der Waals surface area contributed by atoms with Crippen molar-refractivity contribution in [3.63, 3.8) is 0 Å². The molecule has 1 aromatic carbocycles. The second-order valence-corrected chi connectivity index (χ2v) is 11.5. The van der Waals surface area contributed by atoms with Crippen LogP contribution >= 0.6 is 0 Å². The fourth-order valence-electron chi connectivity index (χ4n) is 3.64. The van der Waals surface area contributed by atoms with Crippen molar-refractivity contribution in [1.82, 2.24) is 10.2 Å². The highest BCUT2D eigenvalue weighted by Crippen LogP contribution is 2.22. The molecule has 3 N–H and O–H groups in total. The predicted octanol–water partition coefficient (Wildman–Crippen LogP) is 4.47. The molecule has 0 radical (unpaired) electrons. The molecule has 1 atom stereocenters. The summed E-state index contributed by atoms with van der Waals surface area (Å²) in [5, 5.41) is 2.30. The number of rotatable bonds is 17. The largest absolute Gasteiger partial charge is 0.445 e. The van der Waals surface area contributed by atoms with E-state index < -0.39 is 58.4 Å². The lowest BCUT2D eigenvalue weighted by molar-refractivity contribution is -0.135. The highest BCUT2D eigenvalue weighted by atomic mass is 32.2. The number of aryl methyl sites for hydroxylation is 1. The number of alkyl carbamates (subject to hydrolysis) is 1. The van der Waals surface area contributed by atoms with Gasteiger partial charge in [-0.25, -0.2) is 13.2 Å². The Balaban J connectivity index is 3.15. The molecule has 0 unspecified atom stereocenters. The molecule has 12 heteroatoms. The molecule has 0 bridgehead atoms. The van der Waals surface area contributed by atoms with E-state index in [0.717, 1.165) is 17.5 Å². The number of nitrogens with zero attached hydrogens (tertiary/aromatic N) is 1. The fourth-order valence-corrected chi connectivity index (χ4v) is 5.12. The lowest BCUT2D eigenvalue weighted by atomic mass is 10.1. The van der Waals surface area contributed by atoms with Crippen LogP contribution in [0.15, 0.2) is 60.7 Å². The summed E-state index contributed by atoms with van der Waals surface area (Å²) in [6, 6.07) is 5.93. The van der Waals surface area contributed by atoms with Gasteiger partial charge in [0.15, 0.2) is 9.84 Å². The van der Waals surface area contributed by atoms with Crippen molar-refractivity contribution in [1.29, 1.82) is 0 Å². The molecule has 0 aliphatic heterocycles. The molecular weight excluding hydrogens is 547 g/mol. The maximum absolute atomic E-state index is 13.6. The molecular formula is C28H40F3N3O5S. The van der Waals surface area contributed by atoms with E-state index in [4.69, 9.17) is 10.5 Å². The van der Waals surface area contributed by atoms with Crippen LogP contribution in [0.3, 0.4) is 0 Å². The minimum atomic E-state index is -4.51. The van der Waals surface area contributed by atoms with Crippen LogP contribution in [0.5, 0.6) is 0 Å². The number of nitrogens with two attached hydrogens (primary N) is 1. The number of amides is 2. The molecule has 224 valence electrons. The van der Waals surface area contributed by atoms with E-state index >= 15 is 0 Å². The van der Waals surface area contributed by atoms with E-state index in [2.05, 4.69) is 11.9 Å². The standard InChI is InChI=1S/C28H40F3N3O5S/c1-4-6-7-11-22(3)20-39-27(36)33-25(21-40(37,38)17-9-14-28(29,30)31)26(35)34(16-10-15-32)19-24-13-8-12-23(5-2)18-24/h4,6-8,11-13,18,25H,3,5,9-10,14-17,19-21,32H2,1-2H3,(H,33,36)/b6-4-,11-7-/t25-/m1/s1. The number of nitrogens with one attached hydrogen (secondary N) is 1. The summed E-state index contributed by atoms with van der Waals surface area (Å²) >= 11 is 0. The molecule has 0 saturated carbocycles. The van der Waals surface area contributed by atoms with Crippen molar-refractivity contribution in [3.05, 3.63) is 71.8 Å². The van der Waals surface area contributed by atoms with E-state index in [1.54, 1.807) is 24.3 Å².